The van der Waals surface area contributed by atoms with Crippen molar-refractivity contribution in [1.82, 2.24) is 0 Å². The number of benzene rings is 1. The van der Waals surface area contributed by atoms with Crippen LogP contribution in [0.4, 0.5) is 5.69 Å². The van der Waals surface area contributed by atoms with Crippen LogP contribution < -0.4 is 5.32 Å². The molecule has 2 rings (SSSR count). The van der Waals surface area contributed by atoms with Crippen molar-refractivity contribution in [3.8, 4) is 0 Å². The number of carbonyl (C=O) groups excluding carboxylic acids is 3. The van der Waals surface area contributed by atoms with Crippen LogP contribution in [0.1, 0.15) is 26.7 Å². The third-order valence-corrected chi connectivity index (χ3v) is 3.84. The molecule has 1 atom stereocenters. The maximum Gasteiger partial charge on any atom is 0.242 e. The maximum atomic E-state index is 12.2. The van der Waals surface area contributed by atoms with E-state index in [1.165, 1.54) is 0 Å². The van der Waals surface area contributed by atoms with E-state index in [4.69, 9.17) is 11.6 Å². The lowest BCUT2D eigenvalue weighted by atomic mass is 9.70. The lowest BCUT2D eigenvalue weighted by Crippen LogP contribution is -2.46. The zero-order chi connectivity index (χ0) is 14.9. The van der Waals surface area contributed by atoms with Crippen LogP contribution in [-0.2, 0) is 14.4 Å². The third-order valence-electron chi connectivity index (χ3n) is 3.60. The van der Waals surface area contributed by atoms with E-state index in [2.05, 4.69) is 5.32 Å². The minimum absolute atomic E-state index is 0.256. The van der Waals surface area contributed by atoms with Crippen molar-refractivity contribution in [3.63, 3.8) is 0 Å². The van der Waals surface area contributed by atoms with Crippen LogP contribution in [-0.4, -0.2) is 17.5 Å². The Kier molecular flexibility index (Phi) is 3.95. The molecule has 0 aliphatic heterocycles. The molecule has 0 aromatic heterocycles. The molecule has 1 aliphatic carbocycles. The number of amides is 1. The number of hydrogen-bond donors (Lipinski definition) is 1. The van der Waals surface area contributed by atoms with Crippen LogP contribution in [0.15, 0.2) is 24.3 Å². The summed E-state index contributed by atoms with van der Waals surface area (Å²) in [7, 11) is 0. The Hall–Kier alpha value is -1.68. The second-order valence-corrected chi connectivity index (χ2v) is 6.08. The average molecular weight is 294 g/mol. The minimum atomic E-state index is -1.21. The molecule has 1 aliphatic rings. The molecule has 1 saturated carbocycles. The number of carbonyl (C=O) groups is 3. The van der Waals surface area contributed by atoms with Gasteiger partial charge >= 0.3 is 0 Å². The molecule has 0 saturated heterocycles. The molecule has 1 amide bonds. The Morgan fingerprint density at radius 3 is 2.70 bits per heavy atom. The molecule has 1 unspecified atom stereocenters. The molecule has 4 nitrogen and oxygen atoms in total. The summed E-state index contributed by atoms with van der Waals surface area (Å²) in [6, 6.07) is 6.60. The Balaban J connectivity index is 2.19. The third kappa shape index (κ3) is 2.90. The molecule has 1 aromatic rings. The fourth-order valence-corrected chi connectivity index (χ4v) is 2.48. The summed E-state index contributed by atoms with van der Waals surface area (Å²) < 4.78 is 0. The Labute approximate surface area is 122 Å². The molecule has 5 heteroatoms. The van der Waals surface area contributed by atoms with Gasteiger partial charge in [0.05, 0.1) is 0 Å². The van der Waals surface area contributed by atoms with E-state index >= 15 is 0 Å². The van der Waals surface area contributed by atoms with Gasteiger partial charge in [0.15, 0.2) is 17.5 Å². The average Bonchev–Trinajstić information content (AvgIpc) is 2.35. The fourth-order valence-electron chi connectivity index (χ4n) is 2.29. The van der Waals surface area contributed by atoms with Crippen molar-refractivity contribution < 1.29 is 14.4 Å². The number of anilines is 1. The van der Waals surface area contributed by atoms with Gasteiger partial charge in [-0.25, -0.2) is 0 Å². The van der Waals surface area contributed by atoms with Gasteiger partial charge < -0.3 is 5.32 Å². The lowest BCUT2D eigenvalue weighted by molar-refractivity contribution is -0.147. The van der Waals surface area contributed by atoms with E-state index in [9.17, 15) is 14.4 Å². The molecule has 0 radical (unpaired) electrons. The van der Waals surface area contributed by atoms with Gasteiger partial charge in [-0.15, -0.1) is 0 Å². The van der Waals surface area contributed by atoms with Crippen molar-refractivity contribution in [2.75, 3.05) is 5.32 Å². The van der Waals surface area contributed by atoms with E-state index in [0.717, 1.165) is 0 Å². The zero-order valence-corrected chi connectivity index (χ0v) is 12.2. The largest absolute Gasteiger partial charge is 0.325 e. The highest BCUT2D eigenvalue weighted by molar-refractivity contribution is 6.31. The molecule has 1 aromatic carbocycles. The molecule has 0 heterocycles. The SMILES string of the molecule is CC1(C)CCC(=O)C(C(=O)Nc2cccc(Cl)c2)C1=O. The lowest BCUT2D eigenvalue weighted by Gasteiger charge is -2.31. The number of halogens is 1. The molecule has 1 N–H and O–H groups in total. The number of ketones is 2. The summed E-state index contributed by atoms with van der Waals surface area (Å²) in [5, 5.41) is 3.06. The maximum absolute atomic E-state index is 12.2. The first kappa shape index (κ1) is 14.7. The van der Waals surface area contributed by atoms with Crippen LogP contribution in [0, 0.1) is 11.3 Å². The summed E-state index contributed by atoms with van der Waals surface area (Å²) in [5.41, 5.74) is -0.156. The number of hydrogen-bond acceptors (Lipinski definition) is 3. The standard InChI is InChI=1S/C15H16ClNO3/c1-15(2)7-6-11(18)12(13(15)19)14(20)17-10-5-3-4-9(16)8-10/h3-5,8,12H,6-7H2,1-2H3,(H,17,20). The Morgan fingerprint density at radius 2 is 2.05 bits per heavy atom. The van der Waals surface area contributed by atoms with E-state index in [-0.39, 0.29) is 18.0 Å². The molecule has 0 bridgehead atoms. The predicted octanol–water partition coefficient (Wildman–Crippen LogP) is 2.85. The molecule has 0 spiro atoms. The first-order valence-electron chi connectivity index (χ1n) is 6.45. The van der Waals surface area contributed by atoms with Crippen LogP contribution >= 0.6 is 11.6 Å². The second kappa shape index (κ2) is 5.37. The number of nitrogens with one attached hydrogen (secondary N) is 1. The highest BCUT2D eigenvalue weighted by Gasteiger charge is 2.45. The second-order valence-electron chi connectivity index (χ2n) is 5.65. The summed E-state index contributed by atoms with van der Waals surface area (Å²) in [6.45, 7) is 3.53. The normalized spacial score (nSPS) is 21.6. The van der Waals surface area contributed by atoms with Gasteiger partial charge in [-0.2, -0.15) is 0 Å². The van der Waals surface area contributed by atoms with Crippen LogP contribution in [0.2, 0.25) is 5.02 Å². The molecular weight excluding hydrogens is 278 g/mol. The van der Waals surface area contributed by atoms with Crippen LogP contribution in [0.5, 0.6) is 0 Å². The number of Topliss-reactive ketones (excluding diaryl/α,β-unsaturated/α-hetero) is 2. The van der Waals surface area contributed by atoms with Gasteiger partial charge in [0.2, 0.25) is 5.91 Å². The number of rotatable bonds is 2. The van der Waals surface area contributed by atoms with E-state index in [0.29, 0.717) is 17.1 Å². The van der Waals surface area contributed by atoms with Crippen molar-refractivity contribution >= 4 is 34.8 Å². The van der Waals surface area contributed by atoms with E-state index < -0.39 is 17.2 Å². The highest BCUT2D eigenvalue weighted by Crippen LogP contribution is 2.34. The molecular formula is C15H16ClNO3. The first-order valence-corrected chi connectivity index (χ1v) is 6.82. The molecule has 20 heavy (non-hydrogen) atoms. The van der Waals surface area contributed by atoms with Crippen LogP contribution in [0.25, 0.3) is 0 Å². The van der Waals surface area contributed by atoms with E-state index in [1.807, 2.05) is 0 Å². The Morgan fingerprint density at radius 1 is 1.35 bits per heavy atom. The van der Waals surface area contributed by atoms with Gasteiger partial charge in [-0.05, 0) is 24.6 Å². The van der Waals surface area contributed by atoms with Gasteiger partial charge in [0.1, 0.15) is 0 Å². The summed E-state index contributed by atoms with van der Waals surface area (Å²) in [5.74, 6) is -2.41. The van der Waals surface area contributed by atoms with Crippen molar-refractivity contribution in [1.29, 1.82) is 0 Å². The highest BCUT2D eigenvalue weighted by atomic mass is 35.5. The summed E-state index contributed by atoms with van der Waals surface area (Å²) in [6.07, 6.45) is 0.748. The Bertz CT molecular complexity index is 580. The van der Waals surface area contributed by atoms with Gasteiger partial charge in [-0.1, -0.05) is 31.5 Å². The zero-order valence-electron chi connectivity index (χ0n) is 11.4. The van der Waals surface area contributed by atoms with Crippen molar-refractivity contribution in [2.24, 2.45) is 11.3 Å². The van der Waals surface area contributed by atoms with Gasteiger partial charge in [-0.3, -0.25) is 14.4 Å². The molecule has 106 valence electrons. The van der Waals surface area contributed by atoms with Gasteiger partial charge in [0.25, 0.3) is 0 Å². The smallest absolute Gasteiger partial charge is 0.242 e. The predicted molar refractivity (Wildman–Crippen MR) is 76.6 cm³/mol. The van der Waals surface area contributed by atoms with E-state index in [1.54, 1.807) is 38.1 Å². The monoisotopic (exact) mass is 293 g/mol. The molecule has 1 fully saturated rings. The quantitative estimate of drug-likeness (QED) is 0.853. The minimum Gasteiger partial charge on any atom is -0.325 e. The summed E-state index contributed by atoms with van der Waals surface area (Å²) >= 11 is 5.83. The van der Waals surface area contributed by atoms with Gasteiger partial charge in [0, 0.05) is 22.5 Å². The van der Waals surface area contributed by atoms with Crippen LogP contribution in [0.3, 0.4) is 0 Å². The van der Waals surface area contributed by atoms with Crippen molar-refractivity contribution in [2.45, 2.75) is 26.7 Å². The van der Waals surface area contributed by atoms with Crippen molar-refractivity contribution in [3.05, 3.63) is 29.3 Å². The summed E-state index contributed by atoms with van der Waals surface area (Å²) in [4.78, 5) is 36.3. The topological polar surface area (TPSA) is 63.2 Å². The first-order chi connectivity index (χ1) is 9.31. The fraction of sp³-hybridized carbons (Fsp3) is 0.400.